The number of para-hydroxylation sites is 1. The van der Waals surface area contributed by atoms with Crippen molar-refractivity contribution in [2.24, 2.45) is 0 Å². The van der Waals surface area contributed by atoms with Crippen LogP contribution < -0.4 is 31.4 Å². The summed E-state index contributed by atoms with van der Waals surface area (Å²) in [6.07, 6.45) is 1.52. The fourth-order valence-corrected chi connectivity index (χ4v) is 4.08. The van der Waals surface area contributed by atoms with Gasteiger partial charge < -0.3 is 15.2 Å². The predicted octanol–water partition coefficient (Wildman–Crippen LogP) is 3.55. The fraction of sp³-hybridized carbons (Fsp3) is 0.370. The van der Waals surface area contributed by atoms with E-state index in [0.717, 1.165) is 17.5 Å². The number of aryl methyl sites for hydroxylation is 2. The van der Waals surface area contributed by atoms with E-state index in [1.165, 1.54) is 16.6 Å². The van der Waals surface area contributed by atoms with Crippen LogP contribution in [0, 0.1) is 13.8 Å². The standard InChI is InChI=1S/C27H34N4O5/c1-5-6-12-30-25(28)24(26(33)29-27(30)34)31(17-20-9-7-8-10-22(20)35-4)23(32)11-13-36-21-15-18(2)14-19(3)16-21/h7-10,14-16H,5-6,11-13,17,28H2,1-4H3,(H,29,33,34). The summed E-state index contributed by atoms with van der Waals surface area (Å²) < 4.78 is 12.6. The van der Waals surface area contributed by atoms with Gasteiger partial charge in [-0.15, -0.1) is 0 Å². The smallest absolute Gasteiger partial charge is 0.330 e. The quantitative estimate of drug-likeness (QED) is 0.421. The van der Waals surface area contributed by atoms with Crippen molar-refractivity contribution in [1.82, 2.24) is 9.55 Å². The van der Waals surface area contributed by atoms with Crippen molar-refractivity contribution in [2.75, 3.05) is 24.4 Å². The molecule has 3 aromatic rings. The van der Waals surface area contributed by atoms with Gasteiger partial charge in [0.15, 0.2) is 5.69 Å². The van der Waals surface area contributed by atoms with Gasteiger partial charge in [0, 0.05) is 12.1 Å². The number of nitrogens with one attached hydrogen (secondary N) is 1. The molecule has 0 radical (unpaired) electrons. The van der Waals surface area contributed by atoms with Crippen LogP contribution in [-0.2, 0) is 17.9 Å². The molecule has 0 fully saturated rings. The van der Waals surface area contributed by atoms with Gasteiger partial charge >= 0.3 is 5.69 Å². The molecule has 192 valence electrons. The second-order valence-corrected chi connectivity index (χ2v) is 8.71. The third kappa shape index (κ3) is 6.35. The second kappa shape index (κ2) is 12.1. The minimum atomic E-state index is -0.719. The largest absolute Gasteiger partial charge is 0.496 e. The fourth-order valence-electron chi connectivity index (χ4n) is 4.08. The number of nitrogen functional groups attached to an aromatic ring is 1. The van der Waals surface area contributed by atoms with Gasteiger partial charge in [0.1, 0.15) is 17.3 Å². The molecule has 3 rings (SSSR count). The van der Waals surface area contributed by atoms with Gasteiger partial charge in [0.25, 0.3) is 5.56 Å². The molecule has 1 amide bonds. The number of ether oxygens (including phenoxy) is 2. The first-order valence-electron chi connectivity index (χ1n) is 12.0. The van der Waals surface area contributed by atoms with E-state index in [2.05, 4.69) is 4.98 Å². The van der Waals surface area contributed by atoms with E-state index in [1.807, 2.05) is 57.2 Å². The lowest BCUT2D eigenvalue weighted by molar-refractivity contribution is -0.119. The van der Waals surface area contributed by atoms with Crippen LogP contribution in [0.2, 0.25) is 0 Å². The number of unbranched alkanes of at least 4 members (excludes halogenated alkanes) is 1. The molecule has 3 N–H and O–H groups in total. The Bertz CT molecular complexity index is 1310. The summed E-state index contributed by atoms with van der Waals surface area (Å²) in [5, 5.41) is 0. The van der Waals surface area contributed by atoms with E-state index in [1.54, 1.807) is 6.07 Å². The molecule has 0 aliphatic rings. The second-order valence-electron chi connectivity index (χ2n) is 8.71. The maximum Gasteiger partial charge on any atom is 0.330 e. The Morgan fingerprint density at radius 3 is 2.47 bits per heavy atom. The van der Waals surface area contributed by atoms with Gasteiger partial charge in [-0.1, -0.05) is 37.6 Å². The molecule has 1 heterocycles. The van der Waals surface area contributed by atoms with Crippen molar-refractivity contribution in [1.29, 1.82) is 0 Å². The van der Waals surface area contributed by atoms with Crippen molar-refractivity contribution in [2.45, 2.75) is 53.1 Å². The van der Waals surface area contributed by atoms with Gasteiger partial charge in [-0.25, -0.2) is 4.79 Å². The number of methoxy groups -OCH3 is 1. The normalized spacial score (nSPS) is 10.8. The maximum atomic E-state index is 13.5. The highest BCUT2D eigenvalue weighted by molar-refractivity contribution is 5.95. The van der Waals surface area contributed by atoms with Gasteiger partial charge in [-0.2, -0.15) is 0 Å². The topological polar surface area (TPSA) is 120 Å². The number of nitrogens with zero attached hydrogens (tertiary/aromatic N) is 2. The monoisotopic (exact) mass is 494 g/mol. The molecule has 0 saturated heterocycles. The first kappa shape index (κ1) is 26.6. The van der Waals surface area contributed by atoms with Crippen LogP contribution in [0.15, 0.2) is 52.1 Å². The number of nitrogens with two attached hydrogens (primary N) is 1. The van der Waals surface area contributed by atoms with Crippen LogP contribution in [0.5, 0.6) is 11.5 Å². The van der Waals surface area contributed by atoms with Crippen molar-refractivity contribution in [3.05, 3.63) is 80.0 Å². The molecule has 36 heavy (non-hydrogen) atoms. The number of carbonyl (C=O) groups is 1. The number of hydrogen-bond acceptors (Lipinski definition) is 6. The number of amides is 1. The van der Waals surface area contributed by atoms with Crippen molar-refractivity contribution in [3.63, 3.8) is 0 Å². The van der Waals surface area contributed by atoms with Gasteiger partial charge in [-0.3, -0.25) is 24.0 Å². The molecule has 1 aromatic heterocycles. The highest BCUT2D eigenvalue weighted by Crippen LogP contribution is 2.25. The molecular formula is C27H34N4O5. The lowest BCUT2D eigenvalue weighted by Crippen LogP contribution is -2.41. The Morgan fingerprint density at radius 1 is 1.11 bits per heavy atom. The van der Waals surface area contributed by atoms with Crippen LogP contribution in [0.1, 0.15) is 42.9 Å². The molecule has 2 aromatic carbocycles. The lowest BCUT2D eigenvalue weighted by Gasteiger charge is -2.25. The van der Waals surface area contributed by atoms with Crippen LogP contribution in [-0.4, -0.2) is 29.2 Å². The molecule has 0 aliphatic heterocycles. The number of rotatable bonds is 11. The summed E-state index contributed by atoms with van der Waals surface area (Å²) >= 11 is 0. The van der Waals surface area contributed by atoms with Gasteiger partial charge in [-0.05, 0) is 49.6 Å². The first-order chi connectivity index (χ1) is 17.2. The van der Waals surface area contributed by atoms with Crippen LogP contribution in [0.25, 0.3) is 0 Å². The van der Waals surface area contributed by atoms with Crippen molar-refractivity contribution < 1.29 is 14.3 Å². The molecule has 0 unspecified atom stereocenters. The number of benzene rings is 2. The SMILES string of the molecule is CCCCn1c(N)c(N(Cc2ccccc2OC)C(=O)CCOc2cc(C)cc(C)c2)c(=O)[nH]c1=O. The van der Waals surface area contributed by atoms with E-state index >= 15 is 0 Å². The predicted molar refractivity (Wildman–Crippen MR) is 141 cm³/mol. The highest BCUT2D eigenvalue weighted by atomic mass is 16.5. The molecule has 0 atom stereocenters. The summed E-state index contributed by atoms with van der Waals surface area (Å²) in [5.41, 5.74) is 7.75. The van der Waals surface area contributed by atoms with Crippen LogP contribution >= 0.6 is 0 Å². The summed E-state index contributed by atoms with van der Waals surface area (Å²) in [4.78, 5) is 42.5. The molecule has 0 aliphatic carbocycles. The van der Waals surface area contributed by atoms with Crippen molar-refractivity contribution in [3.8, 4) is 11.5 Å². The molecule has 0 bridgehead atoms. The zero-order valence-corrected chi connectivity index (χ0v) is 21.3. The van der Waals surface area contributed by atoms with Crippen molar-refractivity contribution >= 4 is 17.4 Å². The summed E-state index contributed by atoms with van der Waals surface area (Å²) in [7, 11) is 1.54. The summed E-state index contributed by atoms with van der Waals surface area (Å²) in [5.74, 6) is 0.817. The summed E-state index contributed by atoms with van der Waals surface area (Å²) in [6.45, 7) is 6.41. The average molecular weight is 495 g/mol. The van der Waals surface area contributed by atoms with Crippen LogP contribution in [0.4, 0.5) is 11.5 Å². The van der Waals surface area contributed by atoms with Gasteiger partial charge in [0.05, 0.1) is 26.7 Å². The zero-order chi connectivity index (χ0) is 26.2. The highest BCUT2D eigenvalue weighted by Gasteiger charge is 2.25. The number of anilines is 2. The number of hydrogen-bond donors (Lipinski definition) is 2. The van der Waals surface area contributed by atoms with E-state index in [0.29, 0.717) is 30.0 Å². The number of H-pyrrole nitrogens is 1. The Labute approximate surface area is 210 Å². The first-order valence-corrected chi connectivity index (χ1v) is 12.0. The Morgan fingerprint density at radius 2 is 1.81 bits per heavy atom. The van der Waals surface area contributed by atoms with Gasteiger partial charge in [0.2, 0.25) is 5.91 Å². The van der Waals surface area contributed by atoms with E-state index in [-0.39, 0.29) is 37.0 Å². The minimum absolute atomic E-state index is 0.00486. The third-order valence-corrected chi connectivity index (χ3v) is 5.82. The van der Waals surface area contributed by atoms with E-state index in [9.17, 15) is 14.4 Å². The lowest BCUT2D eigenvalue weighted by atomic mass is 10.1. The molecule has 0 spiro atoms. The molecular weight excluding hydrogens is 460 g/mol. The molecule has 0 saturated carbocycles. The zero-order valence-electron chi connectivity index (χ0n) is 21.3. The van der Waals surface area contributed by atoms with E-state index < -0.39 is 11.2 Å². The maximum absolute atomic E-state index is 13.5. The number of aromatic nitrogens is 2. The minimum Gasteiger partial charge on any atom is -0.496 e. The van der Waals surface area contributed by atoms with Crippen LogP contribution in [0.3, 0.4) is 0 Å². The third-order valence-electron chi connectivity index (χ3n) is 5.82. The number of carbonyl (C=O) groups excluding carboxylic acids is 1. The Balaban J connectivity index is 1.96. The Hall–Kier alpha value is -4.01. The average Bonchev–Trinajstić information content (AvgIpc) is 2.82. The summed E-state index contributed by atoms with van der Waals surface area (Å²) in [6, 6.07) is 13.1. The van der Waals surface area contributed by atoms with E-state index in [4.69, 9.17) is 15.2 Å². The molecule has 9 heteroatoms. The number of aromatic amines is 1. The Kier molecular flexibility index (Phi) is 8.94. The molecule has 9 nitrogen and oxygen atoms in total.